The highest BCUT2D eigenvalue weighted by Gasteiger charge is 2.44. The van der Waals surface area contributed by atoms with Gasteiger partial charge in [-0.15, -0.1) is 0 Å². The van der Waals surface area contributed by atoms with Gasteiger partial charge in [0.2, 0.25) is 0 Å². The molecule has 0 aliphatic heterocycles. The molecule has 0 radical (unpaired) electrons. The number of hydrogen-bond acceptors (Lipinski definition) is 5. The van der Waals surface area contributed by atoms with Crippen LogP contribution in [0.1, 0.15) is 135 Å². The molecule has 6 heteroatoms. The van der Waals surface area contributed by atoms with Crippen molar-refractivity contribution < 1.29 is 29.6 Å². The van der Waals surface area contributed by atoms with Crippen LogP contribution in [0.3, 0.4) is 0 Å². The van der Waals surface area contributed by atoms with Crippen LogP contribution in [0.15, 0.2) is 0 Å². The highest BCUT2D eigenvalue weighted by Crippen LogP contribution is 2.38. The van der Waals surface area contributed by atoms with E-state index in [-0.39, 0.29) is 25.6 Å². The topological polar surface area (TPSA) is 104 Å². The quantitative estimate of drug-likeness (QED) is 0.118. The minimum absolute atomic E-state index is 0.0816. The Labute approximate surface area is 219 Å². The Hall–Kier alpha value is -0.980. The van der Waals surface area contributed by atoms with E-state index in [1.54, 1.807) is 6.92 Å². The molecule has 2 saturated carbocycles. The number of Topliss-reactive ketones (excluding diaryl/α,β-unsaturated/α-hetero) is 1. The van der Waals surface area contributed by atoms with E-state index >= 15 is 0 Å². The van der Waals surface area contributed by atoms with E-state index < -0.39 is 17.7 Å². The molecule has 0 bridgehead atoms. The smallest absolute Gasteiger partial charge is 0.314 e. The molecule has 2 fully saturated rings. The molecular formula is C30H54O6. The van der Waals surface area contributed by atoms with Crippen LogP contribution < -0.4 is 0 Å². The van der Waals surface area contributed by atoms with Crippen LogP contribution >= 0.6 is 0 Å². The SMILES string of the molecule is CCC(CCCCC[C@H]1C(=O)CC[C@@H]1CCCCCCCCC1CCCC1)(C(=O)O)C(O)OCCO. The van der Waals surface area contributed by atoms with Gasteiger partial charge < -0.3 is 20.1 Å². The molecule has 0 heterocycles. The van der Waals surface area contributed by atoms with E-state index in [0.717, 1.165) is 38.0 Å². The van der Waals surface area contributed by atoms with Crippen molar-refractivity contribution in [2.24, 2.45) is 23.2 Å². The summed E-state index contributed by atoms with van der Waals surface area (Å²) in [6.07, 6.45) is 20.7. The molecule has 6 nitrogen and oxygen atoms in total. The van der Waals surface area contributed by atoms with Gasteiger partial charge in [0.25, 0.3) is 0 Å². The van der Waals surface area contributed by atoms with Gasteiger partial charge in [-0.2, -0.15) is 0 Å². The molecule has 36 heavy (non-hydrogen) atoms. The van der Waals surface area contributed by atoms with Crippen molar-refractivity contribution in [3.05, 3.63) is 0 Å². The van der Waals surface area contributed by atoms with E-state index in [1.165, 1.54) is 77.0 Å². The molecule has 2 aliphatic rings. The number of rotatable bonds is 21. The van der Waals surface area contributed by atoms with Gasteiger partial charge in [-0.3, -0.25) is 9.59 Å². The molecule has 2 rings (SSSR count). The maximum Gasteiger partial charge on any atom is 0.314 e. The fourth-order valence-corrected chi connectivity index (χ4v) is 6.71. The van der Waals surface area contributed by atoms with Crippen molar-refractivity contribution in [3.8, 4) is 0 Å². The second-order valence-corrected chi connectivity index (χ2v) is 11.6. The van der Waals surface area contributed by atoms with E-state index in [0.29, 0.717) is 24.5 Å². The second-order valence-electron chi connectivity index (χ2n) is 11.6. The highest BCUT2D eigenvalue weighted by molar-refractivity contribution is 5.83. The van der Waals surface area contributed by atoms with E-state index in [2.05, 4.69) is 0 Å². The number of unbranched alkanes of at least 4 members (excludes halogenated alkanes) is 7. The number of ketones is 1. The van der Waals surface area contributed by atoms with Gasteiger partial charge in [-0.1, -0.05) is 96.8 Å². The number of aliphatic hydroxyl groups is 2. The molecule has 0 aromatic rings. The van der Waals surface area contributed by atoms with Crippen LogP contribution in [0.25, 0.3) is 0 Å². The van der Waals surface area contributed by atoms with Gasteiger partial charge >= 0.3 is 5.97 Å². The number of carbonyl (C=O) groups excluding carboxylic acids is 1. The standard InChI is InChI=1S/C30H54O6/c1-2-30(28(33)34,29(35)36-23-22-31)21-13-7-10-18-26-25(19-20-27(26)32)17-9-6-4-3-5-8-14-24-15-11-12-16-24/h24-26,29,31,35H,2-23H2,1H3,(H,33,34)/t25-,26+,29?,30?/m0/s1. The zero-order valence-electron chi connectivity index (χ0n) is 22.9. The molecule has 2 unspecified atom stereocenters. The van der Waals surface area contributed by atoms with Crippen molar-refractivity contribution in [2.75, 3.05) is 13.2 Å². The molecule has 2 aliphatic carbocycles. The van der Waals surface area contributed by atoms with Gasteiger partial charge in [-0.25, -0.2) is 0 Å². The minimum Gasteiger partial charge on any atom is -0.481 e. The van der Waals surface area contributed by atoms with Gasteiger partial charge in [0, 0.05) is 12.3 Å². The fraction of sp³-hybridized carbons (Fsp3) is 0.933. The summed E-state index contributed by atoms with van der Waals surface area (Å²) < 4.78 is 5.15. The molecule has 3 N–H and O–H groups in total. The molecule has 0 aromatic heterocycles. The average molecular weight is 511 g/mol. The van der Waals surface area contributed by atoms with Crippen LogP contribution in [-0.2, 0) is 14.3 Å². The van der Waals surface area contributed by atoms with Crippen LogP contribution in [0, 0.1) is 23.2 Å². The minimum atomic E-state index is -1.43. The molecule has 0 amide bonds. The third kappa shape index (κ3) is 10.1. The van der Waals surface area contributed by atoms with Gasteiger partial charge in [-0.05, 0) is 43.9 Å². The third-order valence-corrected chi connectivity index (χ3v) is 9.19. The van der Waals surface area contributed by atoms with Crippen molar-refractivity contribution in [2.45, 2.75) is 142 Å². The number of aliphatic hydroxyl groups excluding tert-OH is 2. The number of aliphatic carboxylic acids is 1. The van der Waals surface area contributed by atoms with Crippen molar-refractivity contribution in [1.29, 1.82) is 0 Å². The fourth-order valence-electron chi connectivity index (χ4n) is 6.71. The third-order valence-electron chi connectivity index (χ3n) is 9.19. The summed E-state index contributed by atoms with van der Waals surface area (Å²) in [5.74, 6) is 1.10. The van der Waals surface area contributed by atoms with Crippen molar-refractivity contribution in [3.63, 3.8) is 0 Å². The Balaban J connectivity index is 1.60. The molecule has 0 saturated heterocycles. The zero-order valence-corrected chi connectivity index (χ0v) is 22.9. The van der Waals surface area contributed by atoms with E-state index in [9.17, 15) is 19.8 Å². The van der Waals surface area contributed by atoms with Gasteiger partial charge in [0.05, 0.1) is 13.2 Å². The van der Waals surface area contributed by atoms with Crippen LogP contribution in [0.2, 0.25) is 0 Å². The highest BCUT2D eigenvalue weighted by atomic mass is 16.6. The van der Waals surface area contributed by atoms with E-state index in [4.69, 9.17) is 9.84 Å². The summed E-state index contributed by atoms with van der Waals surface area (Å²) in [5.41, 5.74) is -1.35. The summed E-state index contributed by atoms with van der Waals surface area (Å²) in [4.78, 5) is 24.4. The van der Waals surface area contributed by atoms with Gasteiger partial charge in [0.15, 0.2) is 6.29 Å². The Morgan fingerprint density at radius 1 is 0.944 bits per heavy atom. The predicted octanol–water partition coefficient (Wildman–Crippen LogP) is 6.65. The Morgan fingerprint density at radius 3 is 2.19 bits per heavy atom. The van der Waals surface area contributed by atoms with Crippen molar-refractivity contribution >= 4 is 11.8 Å². The average Bonchev–Trinajstić information content (AvgIpc) is 3.51. The molecule has 0 spiro atoms. The molecule has 4 atom stereocenters. The van der Waals surface area contributed by atoms with E-state index in [1.807, 2.05) is 0 Å². The number of carbonyl (C=O) groups is 2. The molecule has 0 aromatic carbocycles. The summed E-state index contributed by atoms with van der Waals surface area (Å²) in [7, 11) is 0. The normalized spacial score (nSPS) is 23.2. The Morgan fingerprint density at radius 2 is 1.56 bits per heavy atom. The van der Waals surface area contributed by atoms with Crippen molar-refractivity contribution in [1.82, 2.24) is 0 Å². The first-order valence-corrected chi connectivity index (χ1v) is 15.1. The molecular weight excluding hydrogens is 456 g/mol. The largest absolute Gasteiger partial charge is 0.481 e. The maximum atomic E-state index is 12.5. The Bertz CT molecular complexity index is 617. The number of carboxylic acids is 1. The number of carboxylic acid groups (broad SMARTS) is 1. The Kier molecular flexibility index (Phi) is 15.2. The van der Waals surface area contributed by atoms with Crippen LogP contribution in [0.5, 0.6) is 0 Å². The monoisotopic (exact) mass is 510 g/mol. The number of hydrogen-bond donors (Lipinski definition) is 3. The first kappa shape index (κ1) is 31.2. The first-order valence-electron chi connectivity index (χ1n) is 15.1. The summed E-state index contributed by atoms with van der Waals surface area (Å²) in [6, 6.07) is 0. The summed E-state index contributed by atoms with van der Waals surface area (Å²) >= 11 is 0. The first-order chi connectivity index (χ1) is 17.4. The predicted molar refractivity (Wildman–Crippen MR) is 143 cm³/mol. The number of ether oxygens (including phenoxy) is 1. The van der Waals surface area contributed by atoms with Crippen LogP contribution in [0.4, 0.5) is 0 Å². The molecule has 210 valence electrons. The lowest BCUT2D eigenvalue weighted by Crippen LogP contribution is -2.44. The lowest BCUT2D eigenvalue weighted by atomic mass is 9.78. The summed E-state index contributed by atoms with van der Waals surface area (Å²) in [5, 5.41) is 29.0. The second kappa shape index (κ2) is 17.5. The zero-order chi connectivity index (χ0) is 26.2. The van der Waals surface area contributed by atoms with Crippen LogP contribution in [-0.4, -0.2) is 46.6 Å². The maximum absolute atomic E-state index is 12.5. The lowest BCUT2D eigenvalue weighted by Gasteiger charge is -2.32. The lowest BCUT2D eigenvalue weighted by molar-refractivity contribution is -0.203. The van der Waals surface area contributed by atoms with Gasteiger partial charge in [0.1, 0.15) is 11.2 Å². The summed E-state index contributed by atoms with van der Waals surface area (Å²) in [6.45, 7) is 1.41.